The molecule has 0 amide bonds. The Kier molecular flexibility index (Phi) is 5.39. The van der Waals surface area contributed by atoms with Crippen molar-refractivity contribution in [2.24, 2.45) is 0 Å². The van der Waals surface area contributed by atoms with E-state index >= 15 is 0 Å². The summed E-state index contributed by atoms with van der Waals surface area (Å²) >= 11 is 0. The minimum Gasteiger partial charge on any atom is -0.461 e. The van der Waals surface area contributed by atoms with Crippen molar-refractivity contribution in [2.75, 3.05) is 5.73 Å². The summed E-state index contributed by atoms with van der Waals surface area (Å²) in [6.07, 6.45) is 0.814. The van der Waals surface area contributed by atoms with Crippen LogP contribution in [-0.4, -0.2) is 25.6 Å². The van der Waals surface area contributed by atoms with Crippen LogP contribution in [-0.2, 0) is 22.6 Å². The maximum absolute atomic E-state index is 12.2. The quantitative estimate of drug-likeness (QED) is 0.673. The monoisotopic (exact) mass is 367 g/mol. The number of ether oxygens (including phenoxy) is 1. The van der Waals surface area contributed by atoms with Crippen molar-refractivity contribution >= 4 is 17.7 Å². The van der Waals surface area contributed by atoms with E-state index < -0.39 is 0 Å². The van der Waals surface area contributed by atoms with Crippen LogP contribution in [0.4, 0.5) is 5.95 Å². The molecule has 1 aromatic carbocycles. The summed E-state index contributed by atoms with van der Waals surface area (Å²) in [6, 6.07) is 8.16. The third kappa shape index (κ3) is 4.24. The average Bonchev–Trinajstić information content (AvgIpc) is 3.00. The molecule has 7 heteroatoms. The fraction of sp³-hybridized carbons (Fsp3) is 0.400. The van der Waals surface area contributed by atoms with Gasteiger partial charge in [-0.3, -0.25) is 4.79 Å². The van der Waals surface area contributed by atoms with Crippen LogP contribution in [0.3, 0.4) is 0 Å². The van der Waals surface area contributed by atoms with E-state index in [4.69, 9.17) is 10.5 Å². The summed E-state index contributed by atoms with van der Waals surface area (Å²) < 4.78 is 7.02. The molecule has 0 saturated heterocycles. The number of aromatic nitrogens is 4. The van der Waals surface area contributed by atoms with Gasteiger partial charge in [0.1, 0.15) is 6.61 Å². The first-order chi connectivity index (χ1) is 12.8. The van der Waals surface area contributed by atoms with Gasteiger partial charge >= 0.3 is 5.97 Å². The molecule has 0 aliphatic carbocycles. The van der Waals surface area contributed by atoms with Crippen molar-refractivity contribution < 1.29 is 9.53 Å². The summed E-state index contributed by atoms with van der Waals surface area (Å²) in [5.41, 5.74) is 10.6. The van der Waals surface area contributed by atoms with Crippen LogP contribution in [0.25, 0.3) is 5.78 Å². The summed E-state index contributed by atoms with van der Waals surface area (Å²) in [4.78, 5) is 20.6. The normalized spacial score (nSPS) is 11.3. The summed E-state index contributed by atoms with van der Waals surface area (Å²) in [5, 5.41) is 4.14. The molecule has 0 radical (unpaired) electrons. The lowest BCUT2D eigenvalue weighted by atomic mass is 10.0. The van der Waals surface area contributed by atoms with E-state index in [1.165, 1.54) is 5.56 Å². The van der Waals surface area contributed by atoms with E-state index in [9.17, 15) is 4.79 Å². The number of fused-ring (bicyclic) bond motifs is 1. The van der Waals surface area contributed by atoms with Gasteiger partial charge in [0.25, 0.3) is 5.78 Å². The number of nitrogens with two attached hydrogens (primary N) is 1. The van der Waals surface area contributed by atoms with Gasteiger partial charge < -0.3 is 10.5 Å². The number of esters is 1. The third-order valence-electron chi connectivity index (χ3n) is 4.69. The maximum atomic E-state index is 12.2. The van der Waals surface area contributed by atoms with Crippen molar-refractivity contribution in [1.29, 1.82) is 0 Å². The SMILES string of the molecule is Cc1nc2nc(N)nn2c(C)c1CCC(=O)OCc1ccc(C(C)C)cc1. The van der Waals surface area contributed by atoms with E-state index in [2.05, 4.69) is 41.0 Å². The zero-order valence-corrected chi connectivity index (χ0v) is 16.2. The second kappa shape index (κ2) is 7.73. The number of hydrogen-bond acceptors (Lipinski definition) is 6. The van der Waals surface area contributed by atoms with E-state index in [0.29, 0.717) is 18.1 Å². The molecule has 0 spiro atoms. The van der Waals surface area contributed by atoms with Gasteiger partial charge in [-0.2, -0.15) is 9.50 Å². The van der Waals surface area contributed by atoms with Crippen LogP contribution < -0.4 is 5.73 Å². The molecule has 2 aromatic heterocycles. The molecule has 0 aliphatic rings. The standard InChI is InChI=1S/C20H25N5O2/c1-12(2)16-7-5-15(6-8-16)11-27-18(26)10-9-17-13(3)22-20-23-19(21)24-25(20)14(17)4/h5-8,12H,9-11H2,1-4H3,(H2,21,24). The Morgan fingerprint density at radius 2 is 1.89 bits per heavy atom. The minimum atomic E-state index is -0.236. The van der Waals surface area contributed by atoms with Gasteiger partial charge in [-0.1, -0.05) is 38.1 Å². The summed E-state index contributed by atoms with van der Waals surface area (Å²) in [7, 11) is 0. The third-order valence-corrected chi connectivity index (χ3v) is 4.69. The Labute approximate surface area is 158 Å². The van der Waals surface area contributed by atoms with Gasteiger partial charge in [0.15, 0.2) is 0 Å². The number of nitrogen functional groups attached to an aromatic ring is 1. The Hall–Kier alpha value is -2.96. The summed E-state index contributed by atoms with van der Waals surface area (Å²) in [6.45, 7) is 8.41. The van der Waals surface area contributed by atoms with Crippen LogP contribution in [0.2, 0.25) is 0 Å². The molecule has 0 atom stereocenters. The van der Waals surface area contributed by atoms with Crippen molar-refractivity contribution in [2.45, 2.75) is 53.1 Å². The highest BCUT2D eigenvalue weighted by Gasteiger charge is 2.14. The smallest absolute Gasteiger partial charge is 0.306 e. The largest absolute Gasteiger partial charge is 0.461 e. The molecular weight excluding hydrogens is 342 g/mol. The summed E-state index contributed by atoms with van der Waals surface area (Å²) in [5.74, 6) is 0.906. The molecular formula is C20H25N5O2. The van der Waals surface area contributed by atoms with Crippen molar-refractivity contribution in [3.8, 4) is 0 Å². The van der Waals surface area contributed by atoms with E-state index in [0.717, 1.165) is 22.5 Å². The van der Waals surface area contributed by atoms with E-state index in [1.54, 1.807) is 4.52 Å². The zero-order valence-electron chi connectivity index (χ0n) is 16.2. The highest BCUT2D eigenvalue weighted by molar-refractivity contribution is 5.69. The lowest BCUT2D eigenvalue weighted by molar-refractivity contribution is -0.144. The average molecular weight is 367 g/mol. The molecule has 3 aromatic rings. The number of nitrogens with zero attached hydrogens (tertiary/aromatic N) is 4. The van der Waals surface area contributed by atoms with E-state index in [-0.39, 0.29) is 24.9 Å². The molecule has 0 unspecified atom stereocenters. The van der Waals surface area contributed by atoms with Gasteiger partial charge in [0.05, 0.1) is 0 Å². The van der Waals surface area contributed by atoms with Crippen LogP contribution >= 0.6 is 0 Å². The van der Waals surface area contributed by atoms with Gasteiger partial charge in [-0.25, -0.2) is 4.98 Å². The fourth-order valence-electron chi connectivity index (χ4n) is 3.05. The Balaban J connectivity index is 1.60. The molecule has 7 nitrogen and oxygen atoms in total. The van der Waals surface area contributed by atoms with Crippen molar-refractivity contribution in [3.05, 3.63) is 52.3 Å². The highest BCUT2D eigenvalue weighted by atomic mass is 16.5. The van der Waals surface area contributed by atoms with E-state index in [1.807, 2.05) is 26.0 Å². The number of anilines is 1. The molecule has 3 rings (SSSR count). The number of carbonyl (C=O) groups excluding carboxylic acids is 1. The number of carbonyl (C=O) groups is 1. The van der Waals surface area contributed by atoms with Crippen molar-refractivity contribution in [1.82, 2.24) is 19.6 Å². The molecule has 142 valence electrons. The number of rotatable bonds is 6. The minimum absolute atomic E-state index is 0.185. The predicted octanol–water partition coefficient (Wildman–Crippen LogP) is 3.12. The predicted molar refractivity (Wildman–Crippen MR) is 103 cm³/mol. The fourth-order valence-corrected chi connectivity index (χ4v) is 3.05. The van der Waals surface area contributed by atoms with Gasteiger partial charge in [0.2, 0.25) is 5.95 Å². The first-order valence-electron chi connectivity index (χ1n) is 9.08. The zero-order chi connectivity index (χ0) is 19.6. The Bertz CT molecular complexity index is 961. The molecule has 0 fully saturated rings. The molecule has 2 heterocycles. The molecule has 0 aliphatic heterocycles. The van der Waals surface area contributed by atoms with Gasteiger partial charge in [-0.15, -0.1) is 5.10 Å². The molecule has 27 heavy (non-hydrogen) atoms. The Morgan fingerprint density at radius 1 is 1.19 bits per heavy atom. The maximum Gasteiger partial charge on any atom is 0.306 e. The number of aryl methyl sites for hydroxylation is 2. The van der Waals surface area contributed by atoms with Crippen LogP contribution in [0, 0.1) is 13.8 Å². The first kappa shape index (κ1) is 18.8. The van der Waals surface area contributed by atoms with Gasteiger partial charge in [-0.05, 0) is 42.9 Å². The van der Waals surface area contributed by atoms with Gasteiger partial charge in [0, 0.05) is 17.8 Å². The Morgan fingerprint density at radius 3 is 2.56 bits per heavy atom. The van der Waals surface area contributed by atoms with Crippen LogP contribution in [0.15, 0.2) is 24.3 Å². The van der Waals surface area contributed by atoms with Crippen LogP contribution in [0.5, 0.6) is 0 Å². The molecule has 2 N–H and O–H groups in total. The topological polar surface area (TPSA) is 95.4 Å². The molecule has 0 saturated carbocycles. The lowest BCUT2D eigenvalue weighted by Crippen LogP contribution is -2.10. The molecule has 0 bridgehead atoms. The highest BCUT2D eigenvalue weighted by Crippen LogP contribution is 2.17. The first-order valence-corrected chi connectivity index (χ1v) is 9.08. The second-order valence-corrected chi connectivity index (χ2v) is 7.00. The van der Waals surface area contributed by atoms with Crippen LogP contribution in [0.1, 0.15) is 54.3 Å². The lowest BCUT2D eigenvalue weighted by Gasteiger charge is -2.11. The second-order valence-electron chi connectivity index (χ2n) is 7.00. The van der Waals surface area contributed by atoms with Crippen molar-refractivity contribution in [3.63, 3.8) is 0 Å². The number of benzene rings is 1. The number of hydrogen-bond donors (Lipinski definition) is 1.